The number of aryl methyl sites for hydroxylation is 1. The molecular weight excluding hydrogens is 148 g/mol. The number of nitrogens with one attached hydrogen (secondary N) is 1. The molecule has 12 heavy (non-hydrogen) atoms. The molecule has 2 rings (SSSR count). The second-order valence-electron chi connectivity index (χ2n) is 3.22. The van der Waals surface area contributed by atoms with Gasteiger partial charge in [0.15, 0.2) is 0 Å². The average molecular weight is 160 g/mol. The van der Waals surface area contributed by atoms with Crippen LogP contribution in [0.5, 0.6) is 0 Å². The van der Waals surface area contributed by atoms with Crippen LogP contribution >= 0.6 is 0 Å². The Morgan fingerprint density at radius 3 is 3.00 bits per heavy atom. The van der Waals surface area contributed by atoms with Crippen LogP contribution in [0.15, 0.2) is 23.2 Å². The third-order valence-electron chi connectivity index (χ3n) is 2.00. The van der Waals surface area contributed by atoms with Crippen LogP contribution in [0.25, 0.3) is 0 Å². The molecule has 1 aliphatic rings. The highest BCUT2D eigenvalue weighted by Gasteiger charge is 2.06. The molecule has 0 unspecified atom stereocenters. The zero-order valence-corrected chi connectivity index (χ0v) is 7.39. The van der Waals surface area contributed by atoms with E-state index < -0.39 is 0 Å². The Morgan fingerprint density at radius 1 is 1.33 bits per heavy atom. The van der Waals surface area contributed by atoms with Crippen molar-refractivity contribution < 1.29 is 0 Å². The zero-order chi connectivity index (χ0) is 8.55. The Kier molecular flexibility index (Phi) is 1.61. The van der Waals surface area contributed by atoms with Crippen LogP contribution in [0, 0.1) is 6.92 Å². The topological polar surface area (TPSA) is 24.4 Å². The second kappa shape index (κ2) is 2.63. The van der Waals surface area contributed by atoms with Gasteiger partial charge in [-0.05, 0) is 31.5 Å². The number of aliphatic imine (C=N–C) groups is 1. The molecule has 0 spiro atoms. The Labute approximate surface area is 72.3 Å². The van der Waals surface area contributed by atoms with Gasteiger partial charge < -0.3 is 5.32 Å². The molecule has 62 valence electrons. The SMILES string of the molecule is CC1=Nc2cc(C)ccc2NC1. The van der Waals surface area contributed by atoms with E-state index in [9.17, 15) is 0 Å². The van der Waals surface area contributed by atoms with Crippen molar-refractivity contribution in [3.63, 3.8) is 0 Å². The Hall–Kier alpha value is -1.31. The highest BCUT2D eigenvalue weighted by molar-refractivity contribution is 5.93. The highest BCUT2D eigenvalue weighted by atomic mass is 15.0. The maximum atomic E-state index is 4.46. The van der Waals surface area contributed by atoms with E-state index in [4.69, 9.17) is 0 Å². The average Bonchev–Trinajstić information content (AvgIpc) is 2.03. The first kappa shape index (κ1) is 7.35. The lowest BCUT2D eigenvalue weighted by molar-refractivity contribution is 1.27. The normalized spacial score (nSPS) is 14.7. The second-order valence-corrected chi connectivity index (χ2v) is 3.22. The molecule has 0 fully saturated rings. The number of nitrogens with zero attached hydrogens (tertiary/aromatic N) is 1. The van der Waals surface area contributed by atoms with Crippen molar-refractivity contribution in [3.05, 3.63) is 23.8 Å². The molecule has 0 aliphatic carbocycles. The van der Waals surface area contributed by atoms with Crippen LogP contribution in [0.4, 0.5) is 11.4 Å². The van der Waals surface area contributed by atoms with Gasteiger partial charge in [-0.25, -0.2) is 0 Å². The van der Waals surface area contributed by atoms with Gasteiger partial charge >= 0.3 is 0 Å². The molecule has 0 aromatic heterocycles. The summed E-state index contributed by atoms with van der Waals surface area (Å²) in [5.41, 5.74) is 4.62. The summed E-state index contributed by atoms with van der Waals surface area (Å²) in [6, 6.07) is 6.29. The number of hydrogen-bond acceptors (Lipinski definition) is 2. The van der Waals surface area contributed by atoms with Crippen LogP contribution in [-0.2, 0) is 0 Å². The van der Waals surface area contributed by atoms with Crippen molar-refractivity contribution in [2.24, 2.45) is 4.99 Å². The maximum Gasteiger partial charge on any atom is 0.0863 e. The Morgan fingerprint density at radius 2 is 2.17 bits per heavy atom. The summed E-state index contributed by atoms with van der Waals surface area (Å²) in [4.78, 5) is 4.46. The minimum absolute atomic E-state index is 0.871. The molecule has 0 atom stereocenters. The highest BCUT2D eigenvalue weighted by Crippen LogP contribution is 2.28. The van der Waals surface area contributed by atoms with E-state index in [0.29, 0.717) is 0 Å². The first-order valence-electron chi connectivity index (χ1n) is 4.14. The summed E-state index contributed by atoms with van der Waals surface area (Å²) in [5, 5.41) is 3.31. The Bertz CT molecular complexity index is 340. The molecule has 2 heteroatoms. The van der Waals surface area contributed by atoms with Crippen molar-refractivity contribution >= 4 is 17.1 Å². The number of fused-ring (bicyclic) bond motifs is 1. The summed E-state index contributed by atoms with van der Waals surface area (Å²) in [6.45, 7) is 4.99. The van der Waals surface area contributed by atoms with Crippen molar-refractivity contribution in [1.29, 1.82) is 0 Å². The van der Waals surface area contributed by atoms with Crippen molar-refractivity contribution in [2.45, 2.75) is 13.8 Å². The Balaban J connectivity index is 2.53. The van der Waals surface area contributed by atoms with E-state index >= 15 is 0 Å². The molecule has 1 heterocycles. The molecule has 0 radical (unpaired) electrons. The lowest BCUT2D eigenvalue weighted by atomic mass is 10.1. The molecule has 0 saturated carbocycles. The molecule has 0 saturated heterocycles. The quantitative estimate of drug-likeness (QED) is 0.619. The van der Waals surface area contributed by atoms with Crippen molar-refractivity contribution in [2.75, 3.05) is 11.9 Å². The van der Waals surface area contributed by atoms with E-state index in [-0.39, 0.29) is 0 Å². The van der Waals surface area contributed by atoms with Gasteiger partial charge in [-0.1, -0.05) is 6.07 Å². The summed E-state index contributed by atoms with van der Waals surface area (Å²) in [7, 11) is 0. The minimum Gasteiger partial charge on any atom is -0.378 e. The van der Waals surface area contributed by atoms with E-state index in [1.54, 1.807) is 0 Å². The molecule has 1 N–H and O–H groups in total. The summed E-state index contributed by atoms with van der Waals surface area (Å²) >= 11 is 0. The molecule has 1 aromatic carbocycles. The molecule has 0 amide bonds. The van der Waals surface area contributed by atoms with Crippen molar-refractivity contribution in [3.8, 4) is 0 Å². The third kappa shape index (κ3) is 1.20. The van der Waals surface area contributed by atoms with E-state index in [0.717, 1.165) is 23.6 Å². The molecule has 1 aliphatic heterocycles. The predicted molar refractivity (Wildman–Crippen MR) is 52.4 cm³/mol. The van der Waals surface area contributed by atoms with Gasteiger partial charge in [0.2, 0.25) is 0 Å². The van der Waals surface area contributed by atoms with Gasteiger partial charge in [-0.3, -0.25) is 4.99 Å². The zero-order valence-electron chi connectivity index (χ0n) is 7.39. The van der Waals surface area contributed by atoms with Gasteiger partial charge in [0.05, 0.1) is 17.9 Å². The lowest BCUT2D eigenvalue weighted by Crippen LogP contribution is -2.14. The number of anilines is 1. The molecule has 1 aromatic rings. The predicted octanol–water partition coefficient (Wildman–Crippen LogP) is 2.51. The summed E-state index contributed by atoms with van der Waals surface area (Å²) in [6.07, 6.45) is 0. The fourth-order valence-electron chi connectivity index (χ4n) is 1.35. The van der Waals surface area contributed by atoms with E-state index in [1.165, 1.54) is 5.56 Å². The van der Waals surface area contributed by atoms with Crippen molar-refractivity contribution in [1.82, 2.24) is 0 Å². The summed E-state index contributed by atoms with van der Waals surface area (Å²) in [5.74, 6) is 0. The monoisotopic (exact) mass is 160 g/mol. The van der Waals surface area contributed by atoms with Crippen LogP contribution in [0.1, 0.15) is 12.5 Å². The van der Waals surface area contributed by atoms with Gasteiger partial charge in [-0.2, -0.15) is 0 Å². The minimum atomic E-state index is 0.871. The first-order valence-corrected chi connectivity index (χ1v) is 4.14. The number of hydrogen-bond donors (Lipinski definition) is 1. The fourth-order valence-corrected chi connectivity index (χ4v) is 1.35. The summed E-state index contributed by atoms with van der Waals surface area (Å²) < 4.78 is 0. The smallest absolute Gasteiger partial charge is 0.0863 e. The van der Waals surface area contributed by atoms with Crippen LogP contribution in [0.3, 0.4) is 0 Å². The number of benzene rings is 1. The third-order valence-corrected chi connectivity index (χ3v) is 2.00. The van der Waals surface area contributed by atoms with Gasteiger partial charge in [0, 0.05) is 5.71 Å². The number of rotatable bonds is 0. The maximum absolute atomic E-state index is 4.46. The van der Waals surface area contributed by atoms with Gasteiger partial charge in [0.1, 0.15) is 0 Å². The first-order chi connectivity index (χ1) is 5.75. The molecule has 0 bridgehead atoms. The lowest BCUT2D eigenvalue weighted by Gasteiger charge is -2.15. The van der Waals surface area contributed by atoms with E-state index in [1.807, 2.05) is 6.92 Å². The fraction of sp³-hybridized carbons (Fsp3) is 0.300. The van der Waals surface area contributed by atoms with Crippen LogP contribution < -0.4 is 5.32 Å². The van der Waals surface area contributed by atoms with Crippen LogP contribution in [0.2, 0.25) is 0 Å². The van der Waals surface area contributed by atoms with Gasteiger partial charge in [-0.15, -0.1) is 0 Å². The van der Waals surface area contributed by atoms with E-state index in [2.05, 4.69) is 35.4 Å². The van der Waals surface area contributed by atoms with Gasteiger partial charge in [0.25, 0.3) is 0 Å². The molecule has 2 nitrogen and oxygen atoms in total. The molecular formula is C10H12N2. The standard InChI is InChI=1S/C10H12N2/c1-7-3-4-9-10(5-7)12-8(2)6-11-9/h3-5,11H,6H2,1-2H3. The largest absolute Gasteiger partial charge is 0.378 e. The van der Waals surface area contributed by atoms with Crippen LogP contribution in [-0.4, -0.2) is 12.3 Å².